The monoisotopic (exact) mass is 301 g/mol. The summed E-state index contributed by atoms with van der Waals surface area (Å²) in [6.07, 6.45) is 0.993. The van der Waals surface area contributed by atoms with Crippen molar-refractivity contribution in [3.63, 3.8) is 0 Å². The van der Waals surface area contributed by atoms with Gasteiger partial charge in [-0.05, 0) is 36.3 Å². The quantitative estimate of drug-likeness (QED) is 0.794. The molecule has 21 heavy (non-hydrogen) atoms. The van der Waals surface area contributed by atoms with Crippen molar-refractivity contribution in [3.8, 4) is 0 Å². The van der Waals surface area contributed by atoms with Crippen LogP contribution in [0.4, 0.5) is 13.2 Å². The Hall–Kier alpha value is -1.59. The van der Waals surface area contributed by atoms with Gasteiger partial charge in [0, 0.05) is 12.6 Å². The number of alkyl halides is 3. The summed E-state index contributed by atoms with van der Waals surface area (Å²) in [4.78, 5) is 15.0. The van der Waals surface area contributed by atoms with E-state index in [2.05, 4.69) is 4.98 Å². The highest BCUT2D eigenvalue weighted by molar-refractivity contribution is 5.69. The molecule has 0 aliphatic heterocycles. The van der Waals surface area contributed by atoms with Crippen molar-refractivity contribution in [3.05, 3.63) is 29.6 Å². The van der Waals surface area contributed by atoms with Crippen LogP contribution in [-0.4, -0.2) is 18.1 Å². The molecular weight excluding hydrogens is 283 g/mol. The van der Waals surface area contributed by atoms with Crippen LogP contribution < -0.4 is 0 Å². The molecule has 1 aromatic heterocycles. The van der Waals surface area contributed by atoms with E-state index in [-0.39, 0.29) is 17.8 Å². The zero-order valence-electron chi connectivity index (χ0n) is 11.8. The van der Waals surface area contributed by atoms with Crippen LogP contribution in [0.25, 0.3) is 0 Å². The van der Waals surface area contributed by atoms with Crippen LogP contribution in [0.1, 0.15) is 49.3 Å². The van der Waals surface area contributed by atoms with E-state index in [1.54, 1.807) is 0 Å². The largest absolute Gasteiger partial charge is 0.469 e. The molecule has 0 saturated heterocycles. The van der Waals surface area contributed by atoms with Gasteiger partial charge in [0.25, 0.3) is 0 Å². The van der Waals surface area contributed by atoms with E-state index in [1.807, 2.05) is 0 Å². The lowest BCUT2D eigenvalue weighted by Crippen LogP contribution is -2.22. The van der Waals surface area contributed by atoms with E-state index in [1.165, 1.54) is 19.4 Å². The van der Waals surface area contributed by atoms with E-state index in [9.17, 15) is 18.0 Å². The van der Waals surface area contributed by atoms with Crippen LogP contribution in [-0.2, 0) is 15.7 Å². The average molecular weight is 301 g/mol. The van der Waals surface area contributed by atoms with Gasteiger partial charge in [-0.1, -0.05) is 18.9 Å². The molecule has 1 aliphatic carbocycles. The third-order valence-corrected chi connectivity index (χ3v) is 4.07. The highest BCUT2D eigenvalue weighted by atomic mass is 19.4. The predicted octanol–water partition coefficient (Wildman–Crippen LogP) is 3.94. The first-order valence-electron chi connectivity index (χ1n) is 7.01. The highest BCUT2D eigenvalue weighted by Crippen LogP contribution is 2.40. The first-order chi connectivity index (χ1) is 9.91. The maximum atomic E-state index is 12.5. The number of pyridine rings is 1. The van der Waals surface area contributed by atoms with Gasteiger partial charge in [-0.25, -0.2) is 0 Å². The second-order valence-electron chi connectivity index (χ2n) is 5.41. The van der Waals surface area contributed by atoms with Gasteiger partial charge in [0.1, 0.15) is 5.69 Å². The Kier molecular flexibility index (Phi) is 4.85. The van der Waals surface area contributed by atoms with Gasteiger partial charge >= 0.3 is 12.1 Å². The standard InChI is InChI=1S/C15H18F3NO2/c1-21-14(20)8-10-4-2-3-5-12(10)11-6-7-13(19-9-11)15(16,17)18/h6-7,9-10,12H,2-5,8H2,1H3/t10-,12+/m1/s1. The summed E-state index contributed by atoms with van der Waals surface area (Å²) >= 11 is 0. The summed E-state index contributed by atoms with van der Waals surface area (Å²) in [5, 5.41) is 0. The molecular formula is C15H18F3NO2. The van der Waals surface area contributed by atoms with Gasteiger partial charge in [-0.15, -0.1) is 0 Å². The SMILES string of the molecule is COC(=O)C[C@H]1CCCC[C@@H]1c1ccc(C(F)(F)F)nc1. The number of carbonyl (C=O) groups is 1. The van der Waals surface area contributed by atoms with Crippen LogP contribution in [0, 0.1) is 5.92 Å². The number of methoxy groups -OCH3 is 1. The highest BCUT2D eigenvalue weighted by Gasteiger charge is 2.33. The zero-order valence-corrected chi connectivity index (χ0v) is 11.8. The number of hydrogen-bond donors (Lipinski definition) is 0. The predicted molar refractivity (Wildman–Crippen MR) is 70.6 cm³/mol. The Balaban J connectivity index is 2.15. The molecule has 0 aromatic carbocycles. The summed E-state index contributed by atoms with van der Waals surface area (Å²) in [6.45, 7) is 0. The number of rotatable bonds is 3. The Bertz CT molecular complexity index is 485. The molecule has 116 valence electrons. The molecule has 2 rings (SSSR count). The minimum absolute atomic E-state index is 0.0765. The zero-order chi connectivity index (χ0) is 15.5. The van der Waals surface area contributed by atoms with Gasteiger partial charge in [-0.3, -0.25) is 9.78 Å². The number of aromatic nitrogens is 1. The second kappa shape index (κ2) is 6.45. The molecule has 0 spiro atoms. The van der Waals surface area contributed by atoms with Crippen molar-refractivity contribution in [1.82, 2.24) is 4.98 Å². The van der Waals surface area contributed by atoms with E-state index >= 15 is 0 Å². The Morgan fingerprint density at radius 2 is 2.05 bits per heavy atom. The van der Waals surface area contributed by atoms with Crippen molar-refractivity contribution >= 4 is 5.97 Å². The fourth-order valence-electron chi connectivity index (χ4n) is 2.98. The molecule has 3 nitrogen and oxygen atoms in total. The number of esters is 1. The van der Waals surface area contributed by atoms with Gasteiger partial charge in [0.05, 0.1) is 7.11 Å². The van der Waals surface area contributed by atoms with Gasteiger partial charge in [0.2, 0.25) is 0 Å². The number of ether oxygens (including phenoxy) is 1. The van der Waals surface area contributed by atoms with E-state index in [0.29, 0.717) is 6.42 Å². The molecule has 0 unspecified atom stereocenters. The maximum absolute atomic E-state index is 12.5. The molecule has 1 heterocycles. The molecule has 2 atom stereocenters. The number of nitrogens with zero attached hydrogens (tertiary/aromatic N) is 1. The molecule has 1 fully saturated rings. The third-order valence-electron chi connectivity index (χ3n) is 4.07. The number of carbonyl (C=O) groups excluding carboxylic acids is 1. The van der Waals surface area contributed by atoms with Crippen molar-refractivity contribution in [2.75, 3.05) is 7.11 Å². The topological polar surface area (TPSA) is 39.2 Å². The molecule has 1 aromatic rings. The van der Waals surface area contributed by atoms with Gasteiger partial charge in [0.15, 0.2) is 0 Å². The first kappa shape index (κ1) is 15.8. The second-order valence-corrected chi connectivity index (χ2v) is 5.41. The lowest BCUT2D eigenvalue weighted by atomic mass is 9.74. The summed E-state index contributed by atoms with van der Waals surface area (Å²) < 4.78 is 42.3. The Labute approximate surface area is 121 Å². The lowest BCUT2D eigenvalue weighted by Gasteiger charge is -2.31. The fraction of sp³-hybridized carbons (Fsp3) is 0.600. The van der Waals surface area contributed by atoms with Gasteiger partial charge < -0.3 is 4.74 Å². The number of hydrogen-bond acceptors (Lipinski definition) is 3. The minimum atomic E-state index is -4.42. The number of halogens is 3. The van der Waals surface area contributed by atoms with Gasteiger partial charge in [-0.2, -0.15) is 13.2 Å². The van der Waals surface area contributed by atoms with Crippen molar-refractivity contribution in [2.45, 2.75) is 44.2 Å². The molecule has 1 saturated carbocycles. The van der Waals surface area contributed by atoms with Crippen molar-refractivity contribution in [1.29, 1.82) is 0 Å². The molecule has 6 heteroatoms. The minimum Gasteiger partial charge on any atom is -0.469 e. The third kappa shape index (κ3) is 3.95. The maximum Gasteiger partial charge on any atom is 0.433 e. The normalized spacial score (nSPS) is 22.9. The van der Waals surface area contributed by atoms with Crippen molar-refractivity contribution in [2.24, 2.45) is 5.92 Å². The van der Waals surface area contributed by atoms with Crippen LogP contribution in [0.2, 0.25) is 0 Å². The van der Waals surface area contributed by atoms with E-state index in [4.69, 9.17) is 4.74 Å². The molecule has 0 bridgehead atoms. The molecule has 0 N–H and O–H groups in total. The Morgan fingerprint density at radius 1 is 1.33 bits per heavy atom. The fourth-order valence-corrected chi connectivity index (χ4v) is 2.98. The average Bonchev–Trinajstić information content (AvgIpc) is 2.47. The van der Waals surface area contributed by atoms with Crippen LogP contribution in [0.3, 0.4) is 0 Å². The summed E-state index contributed by atoms with van der Waals surface area (Å²) in [6, 6.07) is 2.50. The van der Waals surface area contributed by atoms with E-state index in [0.717, 1.165) is 37.3 Å². The first-order valence-corrected chi connectivity index (χ1v) is 7.01. The van der Waals surface area contributed by atoms with Crippen LogP contribution in [0.15, 0.2) is 18.3 Å². The Morgan fingerprint density at radius 3 is 2.62 bits per heavy atom. The van der Waals surface area contributed by atoms with Crippen molar-refractivity contribution < 1.29 is 22.7 Å². The summed E-state index contributed by atoms with van der Waals surface area (Å²) in [5.41, 5.74) is -0.108. The molecule has 1 aliphatic rings. The van der Waals surface area contributed by atoms with E-state index < -0.39 is 11.9 Å². The van der Waals surface area contributed by atoms with Crippen LogP contribution >= 0.6 is 0 Å². The summed E-state index contributed by atoms with van der Waals surface area (Å²) in [5.74, 6) is -0.0795. The smallest absolute Gasteiger partial charge is 0.433 e. The summed E-state index contributed by atoms with van der Waals surface area (Å²) in [7, 11) is 1.35. The lowest BCUT2D eigenvalue weighted by molar-refractivity contribution is -0.142. The van der Waals surface area contributed by atoms with Crippen LogP contribution in [0.5, 0.6) is 0 Å². The molecule has 0 radical (unpaired) electrons. The molecule has 0 amide bonds.